The maximum absolute atomic E-state index is 12.1. The molecule has 0 saturated heterocycles. The minimum absolute atomic E-state index is 0. The molecule has 0 unspecified atom stereocenters. The third kappa shape index (κ3) is 3.13. The van der Waals surface area contributed by atoms with Crippen molar-refractivity contribution in [3.63, 3.8) is 0 Å². The first-order valence-corrected chi connectivity index (χ1v) is 3.38. The van der Waals surface area contributed by atoms with Gasteiger partial charge in [0.2, 0.25) is 0 Å². The van der Waals surface area contributed by atoms with E-state index in [2.05, 4.69) is 6.92 Å². The van der Waals surface area contributed by atoms with E-state index in [0.29, 0.717) is 12.8 Å². The molecule has 1 rings (SSSR count). The maximum Gasteiger partial charge on any atom is 2.00 e. The number of rotatable bonds is 0. The molecule has 0 N–H and O–H groups in total. The molecule has 0 amide bonds. The van der Waals surface area contributed by atoms with Gasteiger partial charge < -0.3 is 30.9 Å². The fourth-order valence-electron chi connectivity index (χ4n) is 1.34. The van der Waals surface area contributed by atoms with E-state index in [-0.39, 0.29) is 56.3 Å². The summed E-state index contributed by atoms with van der Waals surface area (Å²) in [6, 6.07) is 0. The molecular formula is C7H10F3IZn. The Labute approximate surface area is 100 Å². The molecule has 0 heterocycles. The summed E-state index contributed by atoms with van der Waals surface area (Å²) in [5.41, 5.74) is -1.62. The fourth-order valence-corrected chi connectivity index (χ4v) is 1.34. The van der Waals surface area contributed by atoms with Crippen molar-refractivity contribution in [2.75, 3.05) is 0 Å². The van der Waals surface area contributed by atoms with Crippen molar-refractivity contribution in [3.8, 4) is 0 Å². The van der Waals surface area contributed by atoms with Gasteiger partial charge in [-0.1, -0.05) is 31.1 Å². The van der Waals surface area contributed by atoms with E-state index in [9.17, 15) is 13.2 Å². The summed E-state index contributed by atoms with van der Waals surface area (Å²) in [5.74, 6) is 0. The summed E-state index contributed by atoms with van der Waals surface area (Å²) in [7, 11) is 0. The summed E-state index contributed by atoms with van der Waals surface area (Å²) in [4.78, 5) is 0. The molecule has 68 valence electrons. The van der Waals surface area contributed by atoms with Gasteiger partial charge in [-0.25, -0.2) is 0 Å². The molecule has 1 fully saturated rings. The van der Waals surface area contributed by atoms with Crippen LogP contribution in [0.2, 0.25) is 0 Å². The molecule has 1 saturated carbocycles. The van der Waals surface area contributed by atoms with E-state index < -0.39 is 11.6 Å². The zero-order valence-corrected chi connectivity index (χ0v) is 11.9. The maximum atomic E-state index is 12.1. The van der Waals surface area contributed by atoms with E-state index >= 15 is 0 Å². The van der Waals surface area contributed by atoms with E-state index in [1.165, 1.54) is 0 Å². The first-order chi connectivity index (χ1) is 4.46. The topological polar surface area (TPSA) is 0 Å². The SMILES string of the molecule is [CH2-]C1(C(F)(F)F)CCCC1.[I-].[Zn+2]. The number of halogens is 4. The van der Waals surface area contributed by atoms with Gasteiger partial charge in [0.15, 0.2) is 0 Å². The van der Waals surface area contributed by atoms with Gasteiger partial charge in [0.25, 0.3) is 0 Å². The van der Waals surface area contributed by atoms with Crippen molar-refractivity contribution >= 4 is 0 Å². The van der Waals surface area contributed by atoms with E-state index in [1.807, 2.05) is 0 Å². The smallest absolute Gasteiger partial charge is 1.00 e. The summed E-state index contributed by atoms with van der Waals surface area (Å²) in [5, 5.41) is 0. The van der Waals surface area contributed by atoms with Gasteiger partial charge in [-0.2, -0.15) is 13.2 Å². The van der Waals surface area contributed by atoms with Gasteiger partial charge in [0.05, 0.1) is 0 Å². The fraction of sp³-hybridized carbons (Fsp3) is 0.857. The molecule has 0 spiro atoms. The standard InChI is InChI=1S/C7H10F3.HI.Zn/c1-6(7(8,9)10)4-2-3-5-6;;/h1-5H2;1H;/q-1;;+2/p-1. The zero-order valence-electron chi connectivity index (χ0n) is 6.75. The van der Waals surface area contributed by atoms with Gasteiger partial charge in [0, 0.05) is 0 Å². The largest absolute Gasteiger partial charge is 2.00 e. The molecular weight excluding hydrogens is 333 g/mol. The second-order valence-corrected chi connectivity index (χ2v) is 2.99. The van der Waals surface area contributed by atoms with Crippen LogP contribution in [0.1, 0.15) is 25.7 Å². The van der Waals surface area contributed by atoms with Crippen molar-refractivity contribution in [1.82, 2.24) is 0 Å². The Bertz CT molecular complexity index is 129. The van der Waals surface area contributed by atoms with Gasteiger partial charge in [0.1, 0.15) is 0 Å². The van der Waals surface area contributed by atoms with Crippen LogP contribution in [0.5, 0.6) is 0 Å². The predicted molar refractivity (Wildman–Crippen MR) is 32.3 cm³/mol. The van der Waals surface area contributed by atoms with Crippen LogP contribution in [0.4, 0.5) is 13.2 Å². The van der Waals surface area contributed by atoms with Crippen LogP contribution < -0.4 is 24.0 Å². The molecule has 0 aromatic carbocycles. The monoisotopic (exact) mass is 342 g/mol. The van der Waals surface area contributed by atoms with Crippen LogP contribution in [0, 0.1) is 12.3 Å². The van der Waals surface area contributed by atoms with Crippen LogP contribution in [0.3, 0.4) is 0 Å². The summed E-state index contributed by atoms with van der Waals surface area (Å²) in [6.07, 6.45) is -2.34. The predicted octanol–water partition coefficient (Wildman–Crippen LogP) is -0.0553. The van der Waals surface area contributed by atoms with Gasteiger partial charge in [-0.05, 0) is 0 Å². The quantitative estimate of drug-likeness (QED) is 0.329. The van der Waals surface area contributed by atoms with Gasteiger partial charge in [-0.3, -0.25) is 0 Å². The number of hydrogen-bond donors (Lipinski definition) is 0. The minimum Gasteiger partial charge on any atom is -1.00 e. The zero-order chi connectivity index (χ0) is 7.83. The van der Waals surface area contributed by atoms with Gasteiger partial charge >= 0.3 is 25.7 Å². The van der Waals surface area contributed by atoms with Crippen molar-refractivity contribution in [1.29, 1.82) is 0 Å². The molecule has 0 nitrogen and oxygen atoms in total. The van der Waals surface area contributed by atoms with Crippen LogP contribution in [0.15, 0.2) is 0 Å². The average Bonchev–Trinajstić information content (AvgIpc) is 2.13. The Morgan fingerprint density at radius 2 is 1.42 bits per heavy atom. The molecule has 1 aliphatic rings. The van der Waals surface area contributed by atoms with Gasteiger partial charge in [-0.15, -0.1) is 0 Å². The summed E-state index contributed by atoms with van der Waals surface area (Å²) < 4.78 is 36.2. The minimum atomic E-state index is -4.09. The Balaban J connectivity index is 0. The third-order valence-corrected chi connectivity index (χ3v) is 2.16. The molecule has 5 heteroatoms. The molecule has 0 radical (unpaired) electrons. The van der Waals surface area contributed by atoms with E-state index in [1.54, 1.807) is 0 Å². The third-order valence-electron chi connectivity index (χ3n) is 2.16. The van der Waals surface area contributed by atoms with Crippen LogP contribution in [-0.4, -0.2) is 6.18 Å². The Morgan fingerprint density at radius 3 is 1.58 bits per heavy atom. The molecule has 0 aromatic heterocycles. The molecule has 1 aliphatic carbocycles. The van der Waals surface area contributed by atoms with Crippen LogP contribution in [0.25, 0.3) is 0 Å². The molecule has 0 atom stereocenters. The average molecular weight is 343 g/mol. The molecule has 0 aromatic rings. The van der Waals surface area contributed by atoms with E-state index in [4.69, 9.17) is 0 Å². The van der Waals surface area contributed by atoms with Crippen LogP contribution in [-0.2, 0) is 19.5 Å². The van der Waals surface area contributed by atoms with Crippen molar-refractivity contribution < 1.29 is 56.6 Å². The number of hydrogen-bond acceptors (Lipinski definition) is 0. The van der Waals surface area contributed by atoms with Crippen molar-refractivity contribution in [2.45, 2.75) is 31.9 Å². The second kappa shape index (κ2) is 5.13. The molecule has 12 heavy (non-hydrogen) atoms. The first kappa shape index (κ1) is 15.6. The summed E-state index contributed by atoms with van der Waals surface area (Å²) in [6.45, 7) is 3.22. The first-order valence-electron chi connectivity index (χ1n) is 3.38. The second-order valence-electron chi connectivity index (χ2n) is 2.99. The molecule has 0 bridgehead atoms. The Hall–Kier alpha value is 1.14. The normalized spacial score (nSPS) is 21.0. The number of alkyl halides is 3. The van der Waals surface area contributed by atoms with Crippen molar-refractivity contribution in [2.24, 2.45) is 5.41 Å². The Morgan fingerprint density at radius 1 is 1.08 bits per heavy atom. The summed E-state index contributed by atoms with van der Waals surface area (Å²) >= 11 is 0. The Kier molecular flexibility index (Phi) is 6.67. The molecule has 0 aliphatic heterocycles. The van der Waals surface area contributed by atoms with Crippen LogP contribution >= 0.6 is 0 Å². The van der Waals surface area contributed by atoms with Crippen molar-refractivity contribution in [3.05, 3.63) is 6.92 Å². The van der Waals surface area contributed by atoms with E-state index in [0.717, 1.165) is 0 Å².